The van der Waals surface area contributed by atoms with E-state index in [-0.39, 0.29) is 49.6 Å². The minimum Gasteiger partial charge on any atom is -0.508 e. The van der Waals surface area contributed by atoms with Gasteiger partial charge in [-0.05, 0) is 61.1 Å². The summed E-state index contributed by atoms with van der Waals surface area (Å²) in [5.41, 5.74) is 2.68. The third-order valence-corrected chi connectivity index (χ3v) is 6.01. The molecule has 0 aliphatic rings. The molecular formula is C30H52Cl4O2. The van der Waals surface area contributed by atoms with E-state index >= 15 is 0 Å². The minimum atomic E-state index is 0. The second kappa shape index (κ2) is 30.4. The van der Waals surface area contributed by atoms with Gasteiger partial charge in [0.05, 0.1) is 0 Å². The largest absolute Gasteiger partial charge is 0.508 e. The van der Waals surface area contributed by atoms with E-state index < -0.39 is 0 Å². The summed E-state index contributed by atoms with van der Waals surface area (Å²) in [5.74, 6) is 0.728. The summed E-state index contributed by atoms with van der Waals surface area (Å²) in [7, 11) is 0. The first-order valence-electron chi connectivity index (χ1n) is 13.2. The number of phenolic OH excluding ortho intramolecular Hbond substituents is 2. The number of hydrogen-bond donors (Lipinski definition) is 2. The molecule has 2 rings (SSSR count). The molecule has 2 aromatic carbocycles. The molecule has 0 saturated carbocycles. The highest BCUT2D eigenvalue weighted by Gasteiger charge is 1.96. The highest BCUT2D eigenvalue weighted by molar-refractivity contribution is 5.86. The molecule has 0 saturated heterocycles. The molecule has 0 atom stereocenters. The van der Waals surface area contributed by atoms with Crippen molar-refractivity contribution in [2.75, 3.05) is 0 Å². The topological polar surface area (TPSA) is 40.5 Å². The lowest BCUT2D eigenvalue weighted by molar-refractivity contribution is 0.474. The standard InChI is InChI=1S/2C15H24O.4ClH/c2*1-2-3-4-5-6-7-8-9-14-10-12-15(16)13-11-14;;;;/h2*10-13,16H,2-9H2,1H3;4*1H. The maximum Gasteiger partial charge on any atom is 0.115 e. The fourth-order valence-corrected chi connectivity index (χ4v) is 3.90. The molecule has 0 aliphatic heterocycles. The normalized spacial score (nSPS) is 9.39. The molecule has 2 N–H and O–H groups in total. The first-order valence-corrected chi connectivity index (χ1v) is 13.2. The number of hydrogen-bond acceptors (Lipinski definition) is 2. The molecule has 2 aromatic rings. The van der Waals surface area contributed by atoms with Crippen molar-refractivity contribution in [2.45, 2.75) is 117 Å². The Morgan fingerprint density at radius 2 is 0.639 bits per heavy atom. The Hall–Kier alpha value is -0.800. The Bertz CT molecular complexity index is 604. The van der Waals surface area contributed by atoms with Gasteiger partial charge in [-0.15, -0.1) is 49.6 Å². The van der Waals surface area contributed by atoms with Gasteiger partial charge in [0, 0.05) is 0 Å². The van der Waals surface area contributed by atoms with Gasteiger partial charge >= 0.3 is 0 Å². The number of aromatic hydroxyl groups is 2. The van der Waals surface area contributed by atoms with Crippen LogP contribution in [0.2, 0.25) is 0 Å². The second-order valence-corrected chi connectivity index (χ2v) is 9.08. The van der Waals surface area contributed by atoms with E-state index in [4.69, 9.17) is 10.2 Å². The molecule has 212 valence electrons. The number of phenols is 2. The van der Waals surface area contributed by atoms with Crippen LogP contribution in [0.3, 0.4) is 0 Å². The van der Waals surface area contributed by atoms with Crippen LogP contribution in [0, 0.1) is 0 Å². The summed E-state index contributed by atoms with van der Waals surface area (Å²) in [6.07, 6.45) is 21.3. The average Bonchev–Trinajstić information content (AvgIpc) is 2.81. The van der Waals surface area contributed by atoms with E-state index in [9.17, 15) is 0 Å². The quantitative estimate of drug-likeness (QED) is 0.192. The Morgan fingerprint density at radius 3 is 0.917 bits per heavy atom. The summed E-state index contributed by atoms with van der Waals surface area (Å²) in [6.45, 7) is 4.51. The molecule has 0 aliphatic carbocycles. The Balaban J connectivity index is -0.000000256. The van der Waals surface area contributed by atoms with E-state index in [1.54, 1.807) is 24.3 Å². The van der Waals surface area contributed by atoms with E-state index in [1.807, 2.05) is 24.3 Å². The lowest BCUT2D eigenvalue weighted by Crippen LogP contribution is -1.85. The summed E-state index contributed by atoms with van der Waals surface area (Å²) in [5, 5.41) is 18.3. The SMILES string of the molecule is CCCCCCCCCc1ccc(O)cc1.CCCCCCCCCc1ccc(O)cc1.Cl.Cl.Cl.Cl. The predicted molar refractivity (Wildman–Crippen MR) is 169 cm³/mol. The summed E-state index contributed by atoms with van der Waals surface area (Å²) < 4.78 is 0. The zero-order valence-electron chi connectivity index (χ0n) is 22.5. The number of halogens is 4. The van der Waals surface area contributed by atoms with Gasteiger partial charge in [0.2, 0.25) is 0 Å². The van der Waals surface area contributed by atoms with Crippen LogP contribution in [0.15, 0.2) is 48.5 Å². The van der Waals surface area contributed by atoms with Crippen molar-refractivity contribution in [1.82, 2.24) is 0 Å². The molecule has 0 spiro atoms. The third-order valence-electron chi connectivity index (χ3n) is 6.01. The molecule has 0 radical (unpaired) electrons. The molecule has 0 heterocycles. The molecule has 6 heteroatoms. The first-order chi connectivity index (χ1) is 15.7. The van der Waals surface area contributed by atoms with Gasteiger partial charge < -0.3 is 10.2 Å². The van der Waals surface area contributed by atoms with E-state index in [1.165, 1.54) is 101 Å². The van der Waals surface area contributed by atoms with Crippen LogP contribution in [0.4, 0.5) is 0 Å². The summed E-state index contributed by atoms with van der Waals surface area (Å²) >= 11 is 0. The van der Waals surface area contributed by atoms with Gasteiger partial charge in [-0.3, -0.25) is 0 Å². The molecule has 0 aromatic heterocycles. The summed E-state index contributed by atoms with van der Waals surface area (Å²) in [4.78, 5) is 0. The molecule has 2 nitrogen and oxygen atoms in total. The Kier molecular flexibility index (Phi) is 35.7. The van der Waals surface area contributed by atoms with Crippen LogP contribution in [-0.4, -0.2) is 10.2 Å². The highest BCUT2D eigenvalue weighted by atomic mass is 35.5. The smallest absolute Gasteiger partial charge is 0.115 e. The first kappa shape index (κ1) is 42.3. The lowest BCUT2D eigenvalue weighted by atomic mass is 10.0. The van der Waals surface area contributed by atoms with Gasteiger partial charge in [-0.25, -0.2) is 0 Å². The Labute approximate surface area is 246 Å². The van der Waals surface area contributed by atoms with Gasteiger partial charge in [-0.1, -0.05) is 115 Å². The fourth-order valence-electron chi connectivity index (χ4n) is 3.90. The maximum absolute atomic E-state index is 9.15. The van der Waals surface area contributed by atoms with Crippen molar-refractivity contribution >= 4 is 49.6 Å². The Morgan fingerprint density at radius 1 is 0.389 bits per heavy atom. The number of unbranched alkanes of at least 4 members (excludes halogenated alkanes) is 12. The second-order valence-electron chi connectivity index (χ2n) is 9.08. The van der Waals surface area contributed by atoms with Crippen LogP contribution in [0.5, 0.6) is 11.5 Å². The molecule has 0 amide bonds. The highest BCUT2D eigenvalue weighted by Crippen LogP contribution is 2.15. The van der Waals surface area contributed by atoms with Crippen molar-refractivity contribution in [2.24, 2.45) is 0 Å². The molecule has 0 unspecified atom stereocenters. The molecule has 0 fully saturated rings. The van der Waals surface area contributed by atoms with Crippen molar-refractivity contribution < 1.29 is 10.2 Å². The zero-order valence-corrected chi connectivity index (χ0v) is 25.7. The molecular weight excluding hydrogens is 534 g/mol. The van der Waals surface area contributed by atoms with E-state index in [0.29, 0.717) is 11.5 Å². The maximum atomic E-state index is 9.15. The zero-order chi connectivity index (χ0) is 23.3. The molecule has 36 heavy (non-hydrogen) atoms. The van der Waals surface area contributed by atoms with Crippen LogP contribution in [0.25, 0.3) is 0 Å². The van der Waals surface area contributed by atoms with Crippen molar-refractivity contribution in [3.05, 3.63) is 59.7 Å². The van der Waals surface area contributed by atoms with Gasteiger partial charge in [0.25, 0.3) is 0 Å². The monoisotopic (exact) mass is 584 g/mol. The van der Waals surface area contributed by atoms with Crippen LogP contribution in [0.1, 0.15) is 115 Å². The fraction of sp³-hybridized carbons (Fsp3) is 0.600. The van der Waals surface area contributed by atoms with E-state index in [2.05, 4.69) is 13.8 Å². The average molecular weight is 587 g/mol. The van der Waals surface area contributed by atoms with Gasteiger partial charge in [-0.2, -0.15) is 0 Å². The van der Waals surface area contributed by atoms with Crippen molar-refractivity contribution in [3.63, 3.8) is 0 Å². The number of benzene rings is 2. The third kappa shape index (κ3) is 24.9. The van der Waals surface area contributed by atoms with Crippen LogP contribution >= 0.6 is 49.6 Å². The van der Waals surface area contributed by atoms with E-state index in [0.717, 1.165) is 12.8 Å². The predicted octanol–water partition coefficient (Wildman–Crippen LogP) is 11.1. The van der Waals surface area contributed by atoms with Crippen molar-refractivity contribution in [1.29, 1.82) is 0 Å². The number of rotatable bonds is 16. The minimum absolute atomic E-state index is 0. The van der Waals surface area contributed by atoms with Gasteiger partial charge in [0.15, 0.2) is 0 Å². The van der Waals surface area contributed by atoms with Crippen LogP contribution in [-0.2, 0) is 12.8 Å². The van der Waals surface area contributed by atoms with Gasteiger partial charge in [0.1, 0.15) is 11.5 Å². The lowest BCUT2D eigenvalue weighted by Gasteiger charge is -2.02. The number of aryl methyl sites for hydroxylation is 2. The van der Waals surface area contributed by atoms with Crippen LogP contribution < -0.4 is 0 Å². The summed E-state index contributed by atoms with van der Waals surface area (Å²) in [6, 6.07) is 15.2. The molecule has 0 bridgehead atoms. The van der Waals surface area contributed by atoms with Crippen molar-refractivity contribution in [3.8, 4) is 11.5 Å².